The van der Waals surface area contributed by atoms with Crippen molar-refractivity contribution in [3.8, 4) is 0 Å². The predicted octanol–water partition coefficient (Wildman–Crippen LogP) is 5.31. The van der Waals surface area contributed by atoms with Gasteiger partial charge < -0.3 is 10.1 Å². The van der Waals surface area contributed by atoms with E-state index >= 15 is 0 Å². The molecule has 0 radical (unpaired) electrons. The monoisotopic (exact) mass is 285 g/mol. The first-order valence-corrected chi connectivity index (χ1v) is 9.20. The molecular formula is C18H39NO. The lowest BCUT2D eigenvalue weighted by Crippen LogP contribution is -2.21. The minimum atomic E-state index is 0.873. The molecule has 0 heterocycles. The van der Waals surface area contributed by atoms with Gasteiger partial charge in [0.2, 0.25) is 0 Å². The van der Waals surface area contributed by atoms with Crippen LogP contribution in [0.5, 0.6) is 0 Å². The van der Waals surface area contributed by atoms with Crippen LogP contribution in [0.4, 0.5) is 0 Å². The Morgan fingerprint density at radius 3 is 1.70 bits per heavy atom. The largest absolute Gasteiger partial charge is 0.380 e. The summed E-state index contributed by atoms with van der Waals surface area (Å²) in [6.45, 7) is 8.46. The number of unbranched alkanes of at least 4 members (excludes halogenated alkanes) is 10. The lowest BCUT2D eigenvalue weighted by molar-refractivity contribution is 0.133. The van der Waals surface area contributed by atoms with Crippen molar-refractivity contribution in [3.05, 3.63) is 0 Å². The van der Waals surface area contributed by atoms with Crippen LogP contribution in [0.3, 0.4) is 0 Å². The zero-order valence-electron chi connectivity index (χ0n) is 14.2. The fraction of sp³-hybridized carbons (Fsp3) is 1.00. The molecule has 0 saturated carbocycles. The van der Waals surface area contributed by atoms with Crippen molar-refractivity contribution in [1.82, 2.24) is 5.32 Å². The van der Waals surface area contributed by atoms with Gasteiger partial charge in [-0.1, -0.05) is 78.1 Å². The van der Waals surface area contributed by atoms with Crippen LogP contribution in [0.15, 0.2) is 0 Å². The third kappa shape index (κ3) is 17.9. The summed E-state index contributed by atoms with van der Waals surface area (Å²) in [5, 5.41) is 3.46. The highest BCUT2D eigenvalue weighted by atomic mass is 16.5. The van der Waals surface area contributed by atoms with Gasteiger partial charge in [0.1, 0.15) is 0 Å². The lowest BCUT2D eigenvalue weighted by atomic mass is 10.1. The second-order valence-electron chi connectivity index (χ2n) is 5.90. The Bertz CT molecular complexity index is 143. The molecule has 0 aliphatic heterocycles. The van der Waals surface area contributed by atoms with Crippen LogP contribution in [-0.2, 0) is 4.74 Å². The van der Waals surface area contributed by atoms with Crippen LogP contribution in [0, 0.1) is 0 Å². The fourth-order valence-electron chi connectivity index (χ4n) is 2.36. The van der Waals surface area contributed by atoms with Crippen LogP contribution in [0.2, 0.25) is 0 Å². The Morgan fingerprint density at radius 2 is 1.10 bits per heavy atom. The predicted molar refractivity (Wildman–Crippen MR) is 90.4 cm³/mol. The molecule has 122 valence electrons. The molecule has 2 nitrogen and oxygen atoms in total. The van der Waals surface area contributed by atoms with Gasteiger partial charge in [0, 0.05) is 13.2 Å². The maximum absolute atomic E-state index is 5.51. The van der Waals surface area contributed by atoms with Crippen molar-refractivity contribution in [2.75, 3.05) is 26.3 Å². The molecular weight excluding hydrogens is 246 g/mol. The van der Waals surface area contributed by atoms with E-state index in [1.165, 1.54) is 77.0 Å². The smallest absolute Gasteiger partial charge is 0.0590 e. The Hall–Kier alpha value is -0.0800. The molecule has 0 aromatic rings. The highest BCUT2D eigenvalue weighted by Crippen LogP contribution is 2.10. The van der Waals surface area contributed by atoms with E-state index in [2.05, 4.69) is 19.2 Å². The van der Waals surface area contributed by atoms with Gasteiger partial charge in [-0.25, -0.2) is 0 Å². The number of hydrogen-bond donors (Lipinski definition) is 1. The Kier molecular flexibility index (Phi) is 18.8. The first-order valence-electron chi connectivity index (χ1n) is 9.20. The molecule has 20 heavy (non-hydrogen) atoms. The molecule has 0 atom stereocenters. The molecule has 0 saturated heterocycles. The van der Waals surface area contributed by atoms with E-state index in [0.717, 1.165) is 26.3 Å². The molecule has 0 unspecified atom stereocenters. The molecule has 0 spiro atoms. The van der Waals surface area contributed by atoms with Crippen molar-refractivity contribution in [3.63, 3.8) is 0 Å². The number of hydrogen-bond acceptors (Lipinski definition) is 2. The van der Waals surface area contributed by atoms with E-state index in [1.54, 1.807) is 0 Å². The van der Waals surface area contributed by atoms with E-state index in [4.69, 9.17) is 4.74 Å². The van der Waals surface area contributed by atoms with Crippen LogP contribution < -0.4 is 5.32 Å². The molecule has 0 rings (SSSR count). The summed E-state index contributed by atoms with van der Waals surface area (Å²) in [6.07, 6.45) is 16.6. The normalized spacial score (nSPS) is 11.1. The topological polar surface area (TPSA) is 21.3 Å². The third-order valence-corrected chi connectivity index (χ3v) is 3.77. The molecule has 0 amide bonds. The maximum atomic E-state index is 5.51. The van der Waals surface area contributed by atoms with Crippen molar-refractivity contribution >= 4 is 0 Å². The molecule has 0 aliphatic rings. The molecule has 0 bridgehead atoms. The summed E-state index contributed by atoms with van der Waals surface area (Å²) in [6, 6.07) is 0. The molecule has 2 heteroatoms. The first kappa shape index (κ1) is 19.9. The second kappa shape index (κ2) is 18.9. The number of rotatable bonds is 17. The van der Waals surface area contributed by atoms with Gasteiger partial charge in [0.05, 0.1) is 6.61 Å². The Balaban J connectivity index is 2.89. The second-order valence-corrected chi connectivity index (χ2v) is 5.90. The summed E-state index contributed by atoms with van der Waals surface area (Å²) in [5.41, 5.74) is 0. The highest BCUT2D eigenvalue weighted by molar-refractivity contribution is 4.50. The van der Waals surface area contributed by atoms with E-state index in [-0.39, 0.29) is 0 Å². The zero-order valence-corrected chi connectivity index (χ0v) is 14.2. The van der Waals surface area contributed by atoms with Crippen LogP contribution in [0.1, 0.15) is 90.9 Å². The van der Waals surface area contributed by atoms with E-state index in [9.17, 15) is 0 Å². The van der Waals surface area contributed by atoms with Gasteiger partial charge in [-0.15, -0.1) is 0 Å². The third-order valence-electron chi connectivity index (χ3n) is 3.77. The summed E-state index contributed by atoms with van der Waals surface area (Å²) in [7, 11) is 0. The van der Waals surface area contributed by atoms with Crippen molar-refractivity contribution < 1.29 is 4.74 Å². The molecule has 1 N–H and O–H groups in total. The Labute approximate surface area is 128 Å². The Morgan fingerprint density at radius 1 is 0.550 bits per heavy atom. The van der Waals surface area contributed by atoms with Crippen molar-refractivity contribution in [1.29, 1.82) is 0 Å². The van der Waals surface area contributed by atoms with E-state index in [1.807, 2.05) is 0 Å². The lowest BCUT2D eigenvalue weighted by Gasteiger charge is -2.06. The molecule has 0 aromatic heterocycles. The van der Waals surface area contributed by atoms with Gasteiger partial charge in [-0.3, -0.25) is 0 Å². The van der Waals surface area contributed by atoms with E-state index < -0.39 is 0 Å². The van der Waals surface area contributed by atoms with Crippen LogP contribution >= 0.6 is 0 Å². The number of ether oxygens (including phenoxy) is 1. The average Bonchev–Trinajstić information content (AvgIpc) is 2.47. The first-order chi connectivity index (χ1) is 9.91. The van der Waals surface area contributed by atoms with Gasteiger partial charge in [0.15, 0.2) is 0 Å². The van der Waals surface area contributed by atoms with E-state index in [0.29, 0.717) is 0 Å². The van der Waals surface area contributed by atoms with Gasteiger partial charge >= 0.3 is 0 Å². The molecule has 0 aromatic carbocycles. The summed E-state index contributed by atoms with van der Waals surface area (Å²) in [4.78, 5) is 0. The zero-order chi connectivity index (χ0) is 14.7. The van der Waals surface area contributed by atoms with Crippen molar-refractivity contribution in [2.24, 2.45) is 0 Å². The maximum Gasteiger partial charge on any atom is 0.0590 e. The minimum absolute atomic E-state index is 0.873. The molecule has 0 fully saturated rings. The summed E-state index contributed by atoms with van der Waals surface area (Å²) >= 11 is 0. The SMILES string of the molecule is CCCCCCCCCCCCNCCOCCCC. The molecule has 0 aliphatic carbocycles. The number of nitrogens with one attached hydrogen (secondary N) is 1. The van der Waals surface area contributed by atoms with Crippen molar-refractivity contribution in [2.45, 2.75) is 90.9 Å². The van der Waals surface area contributed by atoms with Gasteiger partial charge in [0.25, 0.3) is 0 Å². The van der Waals surface area contributed by atoms with Crippen LogP contribution in [0.25, 0.3) is 0 Å². The minimum Gasteiger partial charge on any atom is -0.380 e. The quantitative estimate of drug-likeness (QED) is 0.365. The summed E-state index contributed by atoms with van der Waals surface area (Å²) < 4.78 is 5.51. The summed E-state index contributed by atoms with van der Waals surface area (Å²) in [5.74, 6) is 0. The van der Waals surface area contributed by atoms with Gasteiger partial charge in [-0.05, 0) is 19.4 Å². The van der Waals surface area contributed by atoms with Crippen LogP contribution in [-0.4, -0.2) is 26.3 Å². The highest BCUT2D eigenvalue weighted by Gasteiger charge is 1.93. The average molecular weight is 286 g/mol. The fourth-order valence-corrected chi connectivity index (χ4v) is 2.36. The standard InChI is InChI=1S/C18H39NO/c1-3-5-7-8-9-10-11-12-13-14-15-19-16-18-20-17-6-4-2/h19H,3-18H2,1-2H3. The van der Waals surface area contributed by atoms with Gasteiger partial charge in [-0.2, -0.15) is 0 Å².